The molecular weight excluding hydrogens is 582 g/mol. The molecule has 2 heterocycles. The second-order valence-electron chi connectivity index (χ2n) is 9.32. The van der Waals surface area contributed by atoms with Crippen molar-refractivity contribution in [2.75, 3.05) is 49.7 Å². The van der Waals surface area contributed by atoms with Gasteiger partial charge in [-0.15, -0.1) is 0 Å². The number of nitrogens with zero attached hydrogens (tertiary/aromatic N) is 4. The average molecular weight is 615 g/mol. The molecule has 0 fully saturated rings. The minimum Gasteiger partial charge on any atom is -0.497 e. The molecular formula is C28H32F2N8O4S. The Morgan fingerprint density at radius 1 is 1.09 bits per heavy atom. The quantitative estimate of drug-likeness (QED) is 0.158. The zero-order valence-electron chi connectivity index (χ0n) is 23.9. The highest BCUT2D eigenvalue weighted by atomic mass is 32.1. The maximum absolute atomic E-state index is 14.8. The van der Waals surface area contributed by atoms with E-state index in [1.54, 1.807) is 12.1 Å². The molecule has 0 saturated carbocycles. The van der Waals surface area contributed by atoms with Crippen LogP contribution in [0.25, 0.3) is 22.2 Å². The van der Waals surface area contributed by atoms with Gasteiger partial charge in [0.15, 0.2) is 5.13 Å². The molecule has 0 atom stereocenters. The SMILES string of the molecule is CCCCN(CC)CCNC(=O)Nc1nc(N)c(-c2nc(-c3cc(NC(=O)c4cccc(OC)c4)c(F)cc3F)no2)s1. The van der Waals surface area contributed by atoms with Crippen LogP contribution >= 0.6 is 11.3 Å². The van der Waals surface area contributed by atoms with Crippen molar-refractivity contribution in [3.8, 4) is 27.9 Å². The van der Waals surface area contributed by atoms with Crippen molar-refractivity contribution in [1.82, 2.24) is 25.3 Å². The maximum atomic E-state index is 14.8. The van der Waals surface area contributed by atoms with E-state index in [-0.39, 0.29) is 44.4 Å². The monoisotopic (exact) mass is 614 g/mol. The van der Waals surface area contributed by atoms with Gasteiger partial charge in [0.2, 0.25) is 5.82 Å². The molecule has 0 unspecified atom stereocenters. The summed E-state index contributed by atoms with van der Waals surface area (Å²) in [6.07, 6.45) is 2.19. The predicted molar refractivity (Wildman–Crippen MR) is 160 cm³/mol. The number of urea groups is 1. The molecule has 0 bridgehead atoms. The van der Waals surface area contributed by atoms with Gasteiger partial charge in [0.25, 0.3) is 11.8 Å². The molecule has 0 radical (unpaired) electrons. The number of benzene rings is 2. The lowest BCUT2D eigenvalue weighted by Crippen LogP contribution is -2.37. The summed E-state index contributed by atoms with van der Waals surface area (Å²) in [6.45, 7) is 7.23. The first kappa shape index (κ1) is 31.3. The number of ether oxygens (including phenoxy) is 1. The maximum Gasteiger partial charge on any atom is 0.321 e. The lowest BCUT2D eigenvalue weighted by atomic mass is 10.1. The summed E-state index contributed by atoms with van der Waals surface area (Å²) in [5.74, 6) is -2.45. The molecule has 3 amide bonds. The van der Waals surface area contributed by atoms with Crippen LogP contribution in [0.2, 0.25) is 0 Å². The van der Waals surface area contributed by atoms with Crippen LogP contribution < -0.4 is 26.4 Å². The number of anilines is 3. The van der Waals surface area contributed by atoms with Gasteiger partial charge < -0.3 is 30.5 Å². The number of likely N-dealkylation sites (N-methyl/N-ethyl adjacent to an activating group) is 1. The fraction of sp³-hybridized carbons (Fsp3) is 0.321. The van der Waals surface area contributed by atoms with Crippen molar-refractivity contribution in [1.29, 1.82) is 0 Å². The smallest absolute Gasteiger partial charge is 0.321 e. The number of methoxy groups -OCH3 is 1. The van der Waals surface area contributed by atoms with Crippen LogP contribution in [0, 0.1) is 11.6 Å². The Bertz CT molecular complexity index is 1580. The fourth-order valence-electron chi connectivity index (χ4n) is 4.02. The van der Waals surface area contributed by atoms with E-state index in [0.29, 0.717) is 24.9 Å². The number of halogens is 2. The highest BCUT2D eigenvalue weighted by Crippen LogP contribution is 2.35. The van der Waals surface area contributed by atoms with Crippen LogP contribution in [0.15, 0.2) is 40.9 Å². The van der Waals surface area contributed by atoms with Crippen molar-refractivity contribution in [3.63, 3.8) is 0 Å². The topological polar surface area (TPSA) is 161 Å². The van der Waals surface area contributed by atoms with Gasteiger partial charge in [-0.3, -0.25) is 10.1 Å². The van der Waals surface area contributed by atoms with Crippen molar-refractivity contribution < 1.29 is 27.6 Å². The van der Waals surface area contributed by atoms with Crippen LogP contribution in [0.3, 0.4) is 0 Å². The standard InChI is InChI=1S/C28H32F2N8O4S/c1-4-6-11-38(5-2)12-10-32-27(40)36-28-34-23(31)22(43-28)26-35-24(37-42-26)18-14-21(20(30)15-19(18)29)33-25(39)16-8-7-9-17(13-16)41-3/h7-9,13-15H,4-6,10-12,31H2,1-3H3,(H,33,39)(H2,32,34,36,40). The number of carbonyl (C=O) groups excluding carboxylic acids is 2. The zero-order chi connectivity index (χ0) is 30.9. The Morgan fingerprint density at radius 2 is 1.91 bits per heavy atom. The van der Waals surface area contributed by atoms with E-state index in [1.165, 1.54) is 19.2 Å². The molecule has 12 nitrogen and oxygen atoms in total. The molecule has 0 aliphatic heterocycles. The summed E-state index contributed by atoms with van der Waals surface area (Å²) in [4.78, 5) is 35.9. The Hall–Kier alpha value is -4.63. The summed E-state index contributed by atoms with van der Waals surface area (Å²) in [6, 6.07) is 7.48. The summed E-state index contributed by atoms with van der Waals surface area (Å²) in [5.41, 5.74) is 5.71. The van der Waals surface area contributed by atoms with Gasteiger partial charge in [0, 0.05) is 24.7 Å². The molecule has 5 N–H and O–H groups in total. The van der Waals surface area contributed by atoms with Crippen LogP contribution in [-0.4, -0.2) is 65.3 Å². The summed E-state index contributed by atoms with van der Waals surface area (Å²) >= 11 is 0.988. The molecule has 2 aromatic carbocycles. The van der Waals surface area contributed by atoms with Gasteiger partial charge in [-0.1, -0.05) is 42.8 Å². The molecule has 15 heteroatoms. The van der Waals surface area contributed by atoms with E-state index in [9.17, 15) is 18.4 Å². The number of nitrogen functional groups attached to an aromatic ring is 1. The van der Waals surface area contributed by atoms with Crippen molar-refractivity contribution in [2.45, 2.75) is 26.7 Å². The number of nitrogens with two attached hydrogens (primary N) is 1. The van der Waals surface area contributed by atoms with Gasteiger partial charge in [-0.05, 0) is 43.8 Å². The number of rotatable bonds is 13. The number of carbonyl (C=O) groups is 2. The number of unbranched alkanes of at least 4 members (excludes halogenated alkanes) is 1. The van der Waals surface area contributed by atoms with Crippen LogP contribution in [0.1, 0.15) is 37.0 Å². The second kappa shape index (κ2) is 14.5. The Kier molecular flexibility index (Phi) is 10.6. The molecule has 2 aromatic heterocycles. The van der Waals surface area contributed by atoms with E-state index < -0.39 is 23.6 Å². The fourth-order valence-corrected chi connectivity index (χ4v) is 4.82. The minimum atomic E-state index is -0.995. The van der Waals surface area contributed by atoms with Crippen LogP contribution in [0.5, 0.6) is 5.75 Å². The first-order valence-corrected chi connectivity index (χ1v) is 14.4. The highest BCUT2D eigenvalue weighted by molar-refractivity contribution is 7.19. The number of hydrogen-bond donors (Lipinski definition) is 4. The van der Waals surface area contributed by atoms with E-state index in [0.717, 1.165) is 43.3 Å². The minimum absolute atomic E-state index is 0.0121. The molecule has 0 saturated heterocycles. The first-order valence-electron chi connectivity index (χ1n) is 13.5. The summed E-state index contributed by atoms with van der Waals surface area (Å²) in [5, 5.41) is 11.8. The zero-order valence-corrected chi connectivity index (χ0v) is 24.7. The Labute approximate surface area is 250 Å². The van der Waals surface area contributed by atoms with Gasteiger partial charge in [0.05, 0.1) is 18.4 Å². The summed E-state index contributed by atoms with van der Waals surface area (Å²) in [7, 11) is 1.45. The lowest BCUT2D eigenvalue weighted by Gasteiger charge is -2.20. The van der Waals surface area contributed by atoms with Crippen LogP contribution in [0.4, 0.5) is 30.2 Å². The molecule has 0 aliphatic rings. The van der Waals surface area contributed by atoms with E-state index in [2.05, 4.69) is 49.8 Å². The molecule has 0 spiro atoms. The van der Waals surface area contributed by atoms with Crippen LogP contribution in [-0.2, 0) is 0 Å². The lowest BCUT2D eigenvalue weighted by molar-refractivity contribution is 0.102. The molecule has 228 valence electrons. The third-order valence-electron chi connectivity index (χ3n) is 6.36. The third-order valence-corrected chi connectivity index (χ3v) is 7.34. The Morgan fingerprint density at radius 3 is 2.65 bits per heavy atom. The second-order valence-corrected chi connectivity index (χ2v) is 10.3. The van der Waals surface area contributed by atoms with E-state index >= 15 is 0 Å². The average Bonchev–Trinajstić information content (AvgIpc) is 3.62. The van der Waals surface area contributed by atoms with E-state index in [1.807, 2.05) is 0 Å². The van der Waals surface area contributed by atoms with Crippen molar-refractivity contribution >= 4 is 39.9 Å². The van der Waals surface area contributed by atoms with Gasteiger partial charge in [-0.2, -0.15) is 4.98 Å². The molecule has 0 aliphatic carbocycles. The Balaban J connectivity index is 1.44. The van der Waals surface area contributed by atoms with E-state index in [4.69, 9.17) is 15.0 Å². The highest BCUT2D eigenvalue weighted by Gasteiger charge is 2.22. The summed E-state index contributed by atoms with van der Waals surface area (Å²) < 4.78 is 39.7. The van der Waals surface area contributed by atoms with Gasteiger partial charge >= 0.3 is 6.03 Å². The number of thiazole rings is 1. The molecule has 4 aromatic rings. The largest absolute Gasteiger partial charge is 0.497 e. The third kappa shape index (κ3) is 8.02. The van der Waals surface area contributed by atoms with Gasteiger partial charge in [-0.25, -0.2) is 18.6 Å². The van der Waals surface area contributed by atoms with Crippen molar-refractivity contribution in [3.05, 3.63) is 53.6 Å². The number of amides is 3. The number of aromatic nitrogens is 3. The van der Waals surface area contributed by atoms with Crippen molar-refractivity contribution in [2.24, 2.45) is 0 Å². The normalized spacial score (nSPS) is 11.0. The first-order chi connectivity index (χ1) is 20.7. The van der Waals surface area contributed by atoms with Gasteiger partial charge in [0.1, 0.15) is 28.1 Å². The predicted octanol–water partition coefficient (Wildman–Crippen LogP) is 5.22. The molecule has 4 rings (SSSR count). The molecule has 43 heavy (non-hydrogen) atoms. The number of nitrogens with one attached hydrogen (secondary N) is 3. The number of hydrogen-bond acceptors (Lipinski definition) is 10.